The van der Waals surface area contributed by atoms with Gasteiger partial charge in [0, 0.05) is 5.70 Å². The Morgan fingerprint density at radius 2 is 2.00 bits per heavy atom. The molecule has 8 heteroatoms. The number of nitrogens with zero attached hydrogens (tertiary/aromatic N) is 2. The van der Waals surface area contributed by atoms with E-state index in [9.17, 15) is 12.8 Å². The van der Waals surface area contributed by atoms with E-state index in [0.29, 0.717) is 10.8 Å². The number of thioether (sulfide) groups is 1. The minimum Gasteiger partial charge on any atom is -0.360 e. The Labute approximate surface area is 163 Å². The maximum absolute atomic E-state index is 13.7. The van der Waals surface area contributed by atoms with Crippen molar-refractivity contribution < 1.29 is 12.8 Å². The van der Waals surface area contributed by atoms with Crippen LogP contribution in [0, 0.1) is 5.82 Å². The van der Waals surface area contributed by atoms with E-state index in [1.165, 1.54) is 35.5 Å². The van der Waals surface area contributed by atoms with Crippen LogP contribution in [0.3, 0.4) is 0 Å². The van der Waals surface area contributed by atoms with Gasteiger partial charge in [0.1, 0.15) is 15.7 Å². The van der Waals surface area contributed by atoms with Crippen molar-refractivity contribution in [3.63, 3.8) is 0 Å². The molecule has 2 aromatic rings. The number of hydrogen-bond donors (Lipinski definition) is 1. The summed E-state index contributed by atoms with van der Waals surface area (Å²) in [5, 5.41) is 8.45. The molecule has 0 atom stereocenters. The van der Waals surface area contributed by atoms with Crippen LogP contribution in [0.15, 0.2) is 44.7 Å². The van der Waals surface area contributed by atoms with E-state index in [-0.39, 0.29) is 15.3 Å². The van der Waals surface area contributed by atoms with Gasteiger partial charge in [0.25, 0.3) is 0 Å². The van der Waals surface area contributed by atoms with E-state index in [1.807, 2.05) is 0 Å². The molecule has 2 heterocycles. The van der Waals surface area contributed by atoms with Gasteiger partial charge < -0.3 is 5.32 Å². The number of sulfone groups is 1. The first-order valence-electron chi connectivity index (χ1n) is 8.94. The van der Waals surface area contributed by atoms with Crippen molar-refractivity contribution in [1.29, 1.82) is 0 Å². The molecule has 1 aliphatic carbocycles. The van der Waals surface area contributed by atoms with Gasteiger partial charge in [-0.05, 0) is 69.6 Å². The topological polar surface area (TPSA) is 64.0 Å². The molecule has 0 saturated carbocycles. The molecule has 0 radical (unpaired) electrons. The number of halogens is 1. The van der Waals surface area contributed by atoms with Crippen molar-refractivity contribution in [1.82, 2.24) is 9.78 Å². The van der Waals surface area contributed by atoms with Gasteiger partial charge in [0.05, 0.1) is 10.4 Å². The minimum atomic E-state index is -3.92. The normalized spacial score (nSPS) is 18.7. The monoisotopic (exact) mass is 407 g/mol. The maximum Gasteiger partial charge on any atom is 0.213 e. The van der Waals surface area contributed by atoms with Gasteiger partial charge in [-0.3, -0.25) is 0 Å². The number of aromatic nitrogens is 2. The van der Waals surface area contributed by atoms with E-state index >= 15 is 0 Å². The van der Waals surface area contributed by atoms with Crippen LogP contribution in [0.1, 0.15) is 39.5 Å². The standard InChI is InChI=1S/C19H22FN3O2S2/c1-19(2)14-9-4-5-10-15(14)23-17(21-19)16(18(22-23)26-3)27(24,25)13-8-6-7-12(20)11-13/h6-8,11,21H,4-5,9-10H2,1-3H3. The Morgan fingerprint density at radius 3 is 2.70 bits per heavy atom. The van der Waals surface area contributed by atoms with Crippen LogP contribution in [0.25, 0.3) is 5.70 Å². The average molecular weight is 408 g/mol. The third-order valence-corrected chi connectivity index (χ3v) is 7.86. The Hall–Kier alpha value is -1.80. The van der Waals surface area contributed by atoms with Gasteiger partial charge in [-0.15, -0.1) is 11.8 Å². The summed E-state index contributed by atoms with van der Waals surface area (Å²) in [6.45, 7) is 4.14. The maximum atomic E-state index is 13.7. The first kappa shape index (κ1) is 18.6. The van der Waals surface area contributed by atoms with Gasteiger partial charge in [-0.25, -0.2) is 17.5 Å². The number of fused-ring (bicyclic) bond motifs is 2. The molecule has 0 unspecified atom stereocenters. The lowest BCUT2D eigenvalue weighted by Gasteiger charge is -2.39. The molecule has 0 saturated heterocycles. The zero-order chi connectivity index (χ0) is 19.4. The minimum absolute atomic E-state index is 0.0587. The highest BCUT2D eigenvalue weighted by atomic mass is 32.2. The lowest BCUT2D eigenvalue weighted by molar-refractivity contribution is 0.543. The van der Waals surface area contributed by atoms with Crippen LogP contribution in [-0.4, -0.2) is 30.0 Å². The Kier molecular flexibility index (Phi) is 4.38. The molecule has 0 bridgehead atoms. The first-order chi connectivity index (χ1) is 12.8. The molecule has 1 aromatic carbocycles. The van der Waals surface area contributed by atoms with Gasteiger partial charge in [0.2, 0.25) is 9.84 Å². The van der Waals surface area contributed by atoms with Gasteiger partial charge in [0.15, 0.2) is 5.82 Å². The summed E-state index contributed by atoms with van der Waals surface area (Å²) in [6.07, 6.45) is 5.86. The first-order valence-corrected chi connectivity index (χ1v) is 11.7. The van der Waals surface area contributed by atoms with E-state index in [1.54, 1.807) is 10.9 Å². The second kappa shape index (κ2) is 6.38. The van der Waals surface area contributed by atoms with Crippen LogP contribution < -0.4 is 5.32 Å². The molecule has 0 amide bonds. The fraction of sp³-hybridized carbons (Fsp3) is 0.421. The molecule has 1 aromatic heterocycles. The summed E-state index contributed by atoms with van der Waals surface area (Å²) in [6, 6.07) is 5.13. The molecular formula is C19H22FN3O2S2. The Balaban J connectivity index is 1.97. The number of anilines is 1. The smallest absolute Gasteiger partial charge is 0.213 e. The van der Waals surface area contributed by atoms with Gasteiger partial charge >= 0.3 is 0 Å². The Bertz CT molecular complexity index is 1050. The summed E-state index contributed by atoms with van der Waals surface area (Å²) in [4.78, 5) is 0.0717. The summed E-state index contributed by atoms with van der Waals surface area (Å²) < 4.78 is 42.2. The van der Waals surface area contributed by atoms with Crippen molar-refractivity contribution in [3.8, 4) is 0 Å². The lowest BCUT2D eigenvalue weighted by Crippen LogP contribution is -2.40. The molecule has 1 N–H and O–H groups in total. The van der Waals surface area contributed by atoms with Crippen molar-refractivity contribution in [3.05, 3.63) is 35.7 Å². The number of hydrogen-bond acceptors (Lipinski definition) is 5. The number of nitrogens with one attached hydrogen (secondary N) is 1. The second-order valence-electron chi connectivity index (χ2n) is 7.44. The molecule has 144 valence electrons. The van der Waals surface area contributed by atoms with E-state index < -0.39 is 15.7 Å². The predicted molar refractivity (Wildman–Crippen MR) is 105 cm³/mol. The third-order valence-electron chi connectivity index (χ3n) is 5.26. The largest absolute Gasteiger partial charge is 0.360 e. The summed E-state index contributed by atoms with van der Waals surface area (Å²) in [5.74, 6) is -0.0948. The summed E-state index contributed by atoms with van der Waals surface area (Å²) >= 11 is 1.29. The van der Waals surface area contributed by atoms with E-state index in [0.717, 1.165) is 37.4 Å². The zero-order valence-electron chi connectivity index (χ0n) is 15.5. The third kappa shape index (κ3) is 2.89. The molecule has 4 rings (SSSR count). The van der Waals surface area contributed by atoms with Crippen LogP contribution in [0.5, 0.6) is 0 Å². The molecule has 2 aliphatic rings. The molecular weight excluding hydrogens is 385 g/mol. The van der Waals surface area contributed by atoms with Crippen LogP contribution >= 0.6 is 11.8 Å². The highest BCUT2D eigenvalue weighted by Crippen LogP contribution is 2.46. The summed E-state index contributed by atoms with van der Waals surface area (Å²) in [5.41, 5.74) is 2.02. The van der Waals surface area contributed by atoms with Crippen molar-refractivity contribution >= 4 is 33.1 Å². The number of allylic oxidation sites excluding steroid dienone is 1. The Morgan fingerprint density at radius 1 is 1.26 bits per heavy atom. The fourth-order valence-electron chi connectivity index (χ4n) is 3.98. The molecule has 0 fully saturated rings. The van der Waals surface area contributed by atoms with Crippen LogP contribution in [0.2, 0.25) is 0 Å². The number of rotatable bonds is 3. The van der Waals surface area contributed by atoms with Gasteiger partial charge in [-0.2, -0.15) is 5.10 Å². The highest BCUT2D eigenvalue weighted by molar-refractivity contribution is 7.99. The SMILES string of the molecule is CSc1nn2c(c1S(=O)(=O)c1cccc(F)c1)NC(C)(C)C1=C2CCCC1. The zero-order valence-corrected chi connectivity index (χ0v) is 17.2. The van der Waals surface area contributed by atoms with E-state index in [4.69, 9.17) is 0 Å². The molecule has 0 spiro atoms. The van der Waals surface area contributed by atoms with Gasteiger partial charge in [-0.1, -0.05) is 6.07 Å². The molecule has 1 aliphatic heterocycles. The van der Waals surface area contributed by atoms with E-state index in [2.05, 4.69) is 24.3 Å². The highest BCUT2D eigenvalue weighted by Gasteiger charge is 2.40. The van der Waals surface area contributed by atoms with Crippen molar-refractivity contribution in [2.45, 2.75) is 59.9 Å². The van der Waals surface area contributed by atoms with Crippen molar-refractivity contribution in [2.24, 2.45) is 0 Å². The lowest BCUT2D eigenvalue weighted by atomic mass is 9.82. The predicted octanol–water partition coefficient (Wildman–Crippen LogP) is 4.57. The van der Waals surface area contributed by atoms with Crippen LogP contribution in [-0.2, 0) is 9.84 Å². The average Bonchev–Trinajstić information content (AvgIpc) is 3.00. The molecule has 27 heavy (non-hydrogen) atoms. The quantitative estimate of drug-likeness (QED) is 0.756. The number of benzene rings is 1. The second-order valence-corrected chi connectivity index (χ2v) is 10.1. The fourth-order valence-corrected chi connectivity index (χ4v) is 6.43. The molecule has 5 nitrogen and oxygen atoms in total. The van der Waals surface area contributed by atoms with Crippen molar-refractivity contribution in [2.75, 3.05) is 11.6 Å². The summed E-state index contributed by atoms with van der Waals surface area (Å²) in [7, 11) is -3.92. The van der Waals surface area contributed by atoms with Crippen LogP contribution in [0.4, 0.5) is 10.2 Å².